The molecule has 1 spiro atoms. The molecule has 0 fully saturated rings. The third-order valence-electron chi connectivity index (χ3n) is 13.5. The van der Waals surface area contributed by atoms with Gasteiger partial charge >= 0.3 is 0 Å². The lowest BCUT2D eigenvalue weighted by Gasteiger charge is -2.32. The van der Waals surface area contributed by atoms with Gasteiger partial charge in [-0.1, -0.05) is 188 Å². The van der Waals surface area contributed by atoms with E-state index in [4.69, 9.17) is 4.42 Å². The van der Waals surface area contributed by atoms with Crippen molar-refractivity contribution in [3.05, 3.63) is 259 Å². The Morgan fingerprint density at radius 1 is 0.302 bits per heavy atom. The van der Waals surface area contributed by atoms with Crippen molar-refractivity contribution >= 4 is 39.0 Å². The van der Waals surface area contributed by atoms with E-state index in [2.05, 4.69) is 241 Å². The molecule has 0 N–H and O–H groups in total. The van der Waals surface area contributed by atoms with Crippen LogP contribution < -0.4 is 4.90 Å². The van der Waals surface area contributed by atoms with Gasteiger partial charge in [-0.15, -0.1) is 0 Å². The van der Waals surface area contributed by atoms with Crippen LogP contribution in [0.25, 0.3) is 77.6 Å². The van der Waals surface area contributed by atoms with Gasteiger partial charge in [-0.05, 0) is 121 Å². The van der Waals surface area contributed by atoms with Gasteiger partial charge in [0, 0.05) is 33.4 Å². The Morgan fingerprint density at radius 3 is 1.49 bits per heavy atom. The smallest absolute Gasteiger partial charge is 0.143 e. The molecule has 2 nitrogen and oxygen atoms in total. The lowest BCUT2D eigenvalue weighted by atomic mass is 9.70. The molecule has 11 aromatic rings. The first kappa shape index (κ1) is 35.5. The summed E-state index contributed by atoms with van der Waals surface area (Å²) in [6.07, 6.45) is 0. The van der Waals surface area contributed by atoms with Gasteiger partial charge in [-0.3, -0.25) is 0 Å². The van der Waals surface area contributed by atoms with E-state index in [0.29, 0.717) is 0 Å². The number of hydrogen-bond acceptors (Lipinski definition) is 2. The van der Waals surface area contributed by atoms with E-state index in [1.165, 1.54) is 77.9 Å². The maximum atomic E-state index is 6.89. The van der Waals surface area contributed by atoms with Crippen molar-refractivity contribution in [3.63, 3.8) is 0 Å². The topological polar surface area (TPSA) is 16.4 Å². The van der Waals surface area contributed by atoms with Gasteiger partial charge < -0.3 is 9.32 Å². The van der Waals surface area contributed by atoms with Crippen molar-refractivity contribution in [3.8, 4) is 55.6 Å². The molecular weight excluding hydrogens is 763 g/mol. The van der Waals surface area contributed by atoms with E-state index in [1.54, 1.807) is 0 Å². The van der Waals surface area contributed by atoms with Crippen LogP contribution in [0.15, 0.2) is 241 Å². The van der Waals surface area contributed by atoms with Crippen LogP contribution in [0.2, 0.25) is 0 Å². The summed E-state index contributed by atoms with van der Waals surface area (Å²) < 4.78 is 6.89. The molecular formula is C61H39NO. The van der Waals surface area contributed by atoms with Crippen LogP contribution in [0.3, 0.4) is 0 Å². The first-order chi connectivity index (χ1) is 31.2. The highest BCUT2D eigenvalue weighted by molar-refractivity contribution is 6.13. The summed E-state index contributed by atoms with van der Waals surface area (Å²) in [6, 6.07) is 86.5. The zero-order valence-electron chi connectivity index (χ0n) is 34.4. The monoisotopic (exact) mass is 801 g/mol. The molecule has 0 radical (unpaired) electrons. The zero-order chi connectivity index (χ0) is 41.5. The highest BCUT2D eigenvalue weighted by atomic mass is 16.3. The Labute approximate surface area is 366 Å². The molecule has 1 aromatic heterocycles. The Kier molecular flexibility index (Phi) is 7.85. The molecule has 0 saturated heterocycles. The van der Waals surface area contributed by atoms with E-state index < -0.39 is 5.41 Å². The summed E-state index contributed by atoms with van der Waals surface area (Å²) in [5, 5.41) is 2.28. The number of nitrogens with zero attached hydrogens (tertiary/aromatic N) is 1. The Morgan fingerprint density at radius 2 is 0.825 bits per heavy atom. The molecule has 1 unspecified atom stereocenters. The minimum absolute atomic E-state index is 0.617. The Hall–Kier alpha value is -8.20. The maximum absolute atomic E-state index is 6.89. The first-order valence-electron chi connectivity index (χ1n) is 21.7. The summed E-state index contributed by atoms with van der Waals surface area (Å²) >= 11 is 0. The van der Waals surface area contributed by atoms with Crippen molar-refractivity contribution in [1.29, 1.82) is 0 Å². The number of anilines is 3. The van der Waals surface area contributed by atoms with Gasteiger partial charge in [0.25, 0.3) is 0 Å². The van der Waals surface area contributed by atoms with Crippen molar-refractivity contribution < 1.29 is 4.42 Å². The van der Waals surface area contributed by atoms with Crippen LogP contribution in [0.1, 0.15) is 22.3 Å². The fourth-order valence-corrected chi connectivity index (χ4v) is 10.7. The lowest BCUT2D eigenvalue weighted by Crippen LogP contribution is -2.26. The first-order valence-corrected chi connectivity index (χ1v) is 21.7. The molecule has 1 atom stereocenters. The lowest BCUT2D eigenvalue weighted by molar-refractivity contribution is 0.669. The maximum Gasteiger partial charge on any atom is 0.143 e. The molecule has 13 rings (SSSR count). The number of para-hydroxylation sites is 1. The molecule has 1 heterocycles. The number of rotatable bonds is 6. The van der Waals surface area contributed by atoms with Gasteiger partial charge in [0.2, 0.25) is 0 Å². The van der Waals surface area contributed by atoms with Crippen LogP contribution in [0.4, 0.5) is 17.1 Å². The summed E-state index contributed by atoms with van der Waals surface area (Å²) in [4.78, 5) is 2.44. The molecule has 0 saturated carbocycles. The van der Waals surface area contributed by atoms with Crippen LogP contribution in [-0.4, -0.2) is 0 Å². The van der Waals surface area contributed by atoms with E-state index >= 15 is 0 Å². The van der Waals surface area contributed by atoms with Gasteiger partial charge in [0.15, 0.2) is 0 Å². The largest absolute Gasteiger partial charge is 0.455 e. The molecule has 0 amide bonds. The van der Waals surface area contributed by atoms with Crippen LogP contribution >= 0.6 is 0 Å². The van der Waals surface area contributed by atoms with Gasteiger partial charge in [0.1, 0.15) is 11.2 Å². The van der Waals surface area contributed by atoms with Gasteiger partial charge in [0.05, 0.1) is 5.41 Å². The van der Waals surface area contributed by atoms with Crippen molar-refractivity contribution in [2.24, 2.45) is 0 Å². The molecule has 294 valence electrons. The van der Waals surface area contributed by atoms with E-state index in [-0.39, 0.29) is 0 Å². The summed E-state index contributed by atoms with van der Waals surface area (Å²) in [5.41, 5.74) is 21.6. The quantitative estimate of drug-likeness (QED) is 0.167. The second-order valence-corrected chi connectivity index (χ2v) is 16.8. The molecule has 2 heteroatoms. The average molecular weight is 802 g/mol. The summed E-state index contributed by atoms with van der Waals surface area (Å²) in [6.45, 7) is 0. The molecule has 0 bridgehead atoms. The van der Waals surface area contributed by atoms with Crippen molar-refractivity contribution in [2.75, 3.05) is 4.90 Å². The van der Waals surface area contributed by atoms with E-state index in [9.17, 15) is 0 Å². The molecule has 10 aromatic carbocycles. The molecule has 2 aliphatic rings. The van der Waals surface area contributed by atoms with E-state index in [1.807, 2.05) is 0 Å². The fourth-order valence-electron chi connectivity index (χ4n) is 10.7. The number of benzene rings is 10. The molecule has 0 aliphatic heterocycles. The Bertz CT molecular complexity index is 3490. The zero-order valence-corrected chi connectivity index (χ0v) is 34.4. The predicted molar refractivity (Wildman–Crippen MR) is 261 cm³/mol. The van der Waals surface area contributed by atoms with Gasteiger partial charge in [-0.25, -0.2) is 0 Å². The van der Waals surface area contributed by atoms with E-state index in [0.717, 1.165) is 39.0 Å². The SMILES string of the molecule is c1ccc(-c2cccc(N(c3cccc(-c4ccccc4)c3)c3ccc4c(c3)C3(c5cc(-c6ccccc6)ccc5-4)c4ccccc4-c4c3ccc3c4oc4ccccc43)c2)cc1. The third kappa shape index (κ3) is 5.32. The number of furan rings is 1. The number of fused-ring (bicyclic) bond motifs is 14. The minimum Gasteiger partial charge on any atom is -0.455 e. The fraction of sp³-hybridized carbons (Fsp3) is 0.0164. The summed E-state index contributed by atoms with van der Waals surface area (Å²) in [5.74, 6) is 0. The molecule has 63 heavy (non-hydrogen) atoms. The second-order valence-electron chi connectivity index (χ2n) is 16.8. The third-order valence-corrected chi connectivity index (χ3v) is 13.5. The normalized spacial score (nSPS) is 14.4. The van der Waals surface area contributed by atoms with Gasteiger partial charge in [-0.2, -0.15) is 0 Å². The standard InChI is InChI=1S/C61H39NO/c1-4-16-40(17-5-1)43-22-14-24-46(36-43)62(47-25-15-23-44(37-47)41-18-6-2-7-19-41)48-31-33-50-49-32-30-45(42-20-8-3-9-21-42)38-56(49)61(57(50)39-48)54-28-12-10-27-53(54)59-55(61)35-34-52-51-26-11-13-29-58(51)63-60(52)59/h1-39H. The van der Waals surface area contributed by atoms with Crippen molar-refractivity contribution in [1.82, 2.24) is 0 Å². The van der Waals surface area contributed by atoms with Crippen LogP contribution in [-0.2, 0) is 5.41 Å². The second kappa shape index (κ2) is 13.9. The number of hydrogen-bond donors (Lipinski definition) is 0. The van der Waals surface area contributed by atoms with Crippen LogP contribution in [0.5, 0.6) is 0 Å². The Balaban J connectivity index is 1.10. The van der Waals surface area contributed by atoms with Crippen LogP contribution in [0, 0.1) is 0 Å². The predicted octanol–water partition coefficient (Wildman–Crippen LogP) is 16.4. The average Bonchev–Trinajstić information content (AvgIpc) is 3.99. The molecule has 2 aliphatic carbocycles. The highest BCUT2D eigenvalue weighted by Gasteiger charge is 2.53. The minimum atomic E-state index is -0.617. The highest BCUT2D eigenvalue weighted by Crippen LogP contribution is 2.65. The van der Waals surface area contributed by atoms with Crippen molar-refractivity contribution in [2.45, 2.75) is 5.41 Å². The summed E-state index contributed by atoms with van der Waals surface area (Å²) in [7, 11) is 0.